The molecule has 2 saturated heterocycles. The van der Waals surface area contributed by atoms with E-state index in [0.29, 0.717) is 41.7 Å². The van der Waals surface area contributed by atoms with Crippen LogP contribution in [0.3, 0.4) is 0 Å². The largest absolute Gasteiger partial charge is 0.492 e. The first-order valence-corrected chi connectivity index (χ1v) is 11.4. The van der Waals surface area contributed by atoms with Crippen molar-refractivity contribution >= 4 is 29.3 Å². The number of likely N-dealkylation sites (tertiary alicyclic amines) is 1. The number of amides is 3. The third kappa shape index (κ3) is 4.54. The number of ether oxygens (including phenoxy) is 2. The summed E-state index contributed by atoms with van der Waals surface area (Å²) < 4.78 is 11.8. The number of piperidine rings is 1. The molecule has 2 aromatic carbocycles. The van der Waals surface area contributed by atoms with Gasteiger partial charge in [0.2, 0.25) is 11.8 Å². The van der Waals surface area contributed by atoms with Gasteiger partial charge < -0.3 is 14.4 Å². The Labute approximate surface area is 196 Å². The van der Waals surface area contributed by atoms with Gasteiger partial charge in [0.25, 0.3) is 5.91 Å². The van der Waals surface area contributed by atoms with Crippen LogP contribution in [-0.2, 0) is 16.1 Å². The van der Waals surface area contributed by atoms with Crippen LogP contribution in [0.15, 0.2) is 42.5 Å². The number of benzene rings is 2. The molecule has 5 rings (SSSR count). The average Bonchev–Trinajstić information content (AvgIpc) is 3.09. The first-order valence-electron chi connectivity index (χ1n) is 11.0. The Morgan fingerprint density at radius 1 is 1.09 bits per heavy atom. The summed E-state index contributed by atoms with van der Waals surface area (Å²) in [6.07, 6.45) is 0.713. The molecule has 0 saturated carbocycles. The number of imide groups is 1. The van der Waals surface area contributed by atoms with Gasteiger partial charge in [0.1, 0.15) is 30.3 Å². The van der Waals surface area contributed by atoms with Crippen molar-refractivity contribution in [1.29, 1.82) is 0 Å². The quantitative estimate of drug-likeness (QED) is 0.626. The molecule has 8 nitrogen and oxygen atoms in total. The molecule has 0 bridgehead atoms. The maximum absolute atomic E-state index is 12.8. The highest BCUT2D eigenvalue weighted by atomic mass is 35.5. The topological polar surface area (TPSA) is 88.2 Å². The maximum atomic E-state index is 12.8. The van der Waals surface area contributed by atoms with E-state index in [9.17, 15) is 14.4 Å². The van der Waals surface area contributed by atoms with E-state index in [1.54, 1.807) is 12.1 Å². The maximum Gasteiger partial charge on any atom is 0.255 e. The molecule has 3 aliphatic heterocycles. The van der Waals surface area contributed by atoms with Crippen molar-refractivity contribution in [3.63, 3.8) is 0 Å². The molecule has 2 aromatic rings. The van der Waals surface area contributed by atoms with Gasteiger partial charge in [-0.2, -0.15) is 0 Å². The summed E-state index contributed by atoms with van der Waals surface area (Å²) in [7, 11) is 0. The van der Waals surface area contributed by atoms with Crippen molar-refractivity contribution in [3.8, 4) is 11.5 Å². The lowest BCUT2D eigenvalue weighted by Gasteiger charge is -2.38. The Morgan fingerprint density at radius 3 is 2.70 bits per heavy atom. The number of fused-ring (bicyclic) bond motifs is 1. The SMILES string of the molecule is O=C1CCC(N2Cc3cc(OCCN4CC(Oc5ccccc5Cl)C4)ccc3C2=O)C(=O)N1. The molecule has 2 fully saturated rings. The second-order valence-corrected chi connectivity index (χ2v) is 8.90. The van der Waals surface area contributed by atoms with Crippen LogP contribution in [0.25, 0.3) is 0 Å². The predicted molar refractivity (Wildman–Crippen MR) is 120 cm³/mol. The molecule has 3 heterocycles. The summed E-state index contributed by atoms with van der Waals surface area (Å²) in [5, 5.41) is 2.93. The minimum Gasteiger partial charge on any atom is -0.492 e. The Hall–Kier alpha value is -3.10. The van der Waals surface area contributed by atoms with Crippen LogP contribution >= 0.6 is 11.6 Å². The molecular weight excluding hydrogens is 446 g/mol. The molecule has 1 N–H and O–H groups in total. The standard InChI is InChI=1S/C24H24ClN3O5/c25-19-3-1-2-4-21(19)33-17-13-27(14-17)9-10-32-16-5-6-18-15(11-16)12-28(24(18)31)20-7-8-22(29)26-23(20)30/h1-6,11,17,20H,7-10,12-14H2,(H,26,29,30). The summed E-state index contributed by atoms with van der Waals surface area (Å²) in [6.45, 7) is 3.25. The van der Waals surface area contributed by atoms with E-state index in [4.69, 9.17) is 21.1 Å². The van der Waals surface area contributed by atoms with Crippen LogP contribution in [0.4, 0.5) is 0 Å². The number of nitrogens with one attached hydrogen (secondary N) is 1. The van der Waals surface area contributed by atoms with Gasteiger partial charge >= 0.3 is 0 Å². The molecule has 33 heavy (non-hydrogen) atoms. The number of nitrogens with zero attached hydrogens (tertiary/aromatic N) is 2. The first kappa shape index (κ1) is 21.7. The summed E-state index contributed by atoms with van der Waals surface area (Å²) in [4.78, 5) is 40.1. The molecular formula is C24H24ClN3O5. The number of carbonyl (C=O) groups is 3. The van der Waals surface area contributed by atoms with E-state index in [1.807, 2.05) is 30.3 Å². The summed E-state index contributed by atoms with van der Waals surface area (Å²) in [5.41, 5.74) is 1.41. The fraction of sp³-hybridized carbons (Fsp3) is 0.375. The number of halogens is 1. The van der Waals surface area contributed by atoms with Crippen LogP contribution in [0, 0.1) is 0 Å². The van der Waals surface area contributed by atoms with Crippen LogP contribution < -0.4 is 14.8 Å². The van der Waals surface area contributed by atoms with Crippen LogP contribution in [-0.4, -0.2) is 65.9 Å². The van der Waals surface area contributed by atoms with Crippen LogP contribution in [0.2, 0.25) is 5.02 Å². The van der Waals surface area contributed by atoms with Crippen LogP contribution in [0.1, 0.15) is 28.8 Å². The Bertz CT molecular complexity index is 1100. The summed E-state index contributed by atoms with van der Waals surface area (Å²) in [6, 6.07) is 12.2. The van der Waals surface area contributed by atoms with Gasteiger partial charge in [0.15, 0.2) is 0 Å². The van der Waals surface area contributed by atoms with Gasteiger partial charge in [-0.05, 0) is 42.3 Å². The van der Waals surface area contributed by atoms with E-state index in [0.717, 1.165) is 25.2 Å². The van der Waals surface area contributed by atoms with Gasteiger partial charge in [-0.15, -0.1) is 0 Å². The fourth-order valence-corrected chi connectivity index (χ4v) is 4.61. The Kier molecular flexibility index (Phi) is 5.95. The van der Waals surface area contributed by atoms with Crippen molar-refractivity contribution in [2.75, 3.05) is 26.2 Å². The summed E-state index contributed by atoms with van der Waals surface area (Å²) in [5.74, 6) is 0.515. The molecule has 0 spiro atoms. The van der Waals surface area contributed by atoms with Gasteiger partial charge in [-0.3, -0.25) is 24.6 Å². The Morgan fingerprint density at radius 2 is 1.91 bits per heavy atom. The van der Waals surface area contributed by atoms with Crippen molar-refractivity contribution in [2.45, 2.75) is 31.5 Å². The molecule has 0 radical (unpaired) electrons. The lowest BCUT2D eigenvalue weighted by Crippen LogP contribution is -2.54. The highest BCUT2D eigenvalue weighted by Crippen LogP contribution is 2.30. The number of para-hydroxylation sites is 1. The predicted octanol–water partition coefficient (Wildman–Crippen LogP) is 2.24. The number of carbonyl (C=O) groups excluding carboxylic acids is 3. The van der Waals surface area contributed by atoms with Gasteiger partial charge in [0.05, 0.1) is 5.02 Å². The minimum absolute atomic E-state index is 0.120. The fourth-order valence-electron chi connectivity index (χ4n) is 4.43. The van der Waals surface area contributed by atoms with E-state index in [2.05, 4.69) is 10.2 Å². The van der Waals surface area contributed by atoms with E-state index in [1.165, 1.54) is 4.90 Å². The monoisotopic (exact) mass is 469 g/mol. The van der Waals surface area contributed by atoms with E-state index >= 15 is 0 Å². The minimum atomic E-state index is -0.612. The van der Waals surface area contributed by atoms with Crippen molar-refractivity contribution in [3.05, 3.63) is 58.6 Å². The third-order valence-electron chi connectivity index (χ3n) is 6.23. The second-order valence-electron chi connectivity index (χ2n) is 8.50. The van der Waals surface area contributed by atoms with E-state index in [-0.39, 0.29) is 24.3 Å². The highest BCUT2D eigenvalue weighted by Gasteiger charge is 2.39. The molecule has 9 heteroatoms. The molecule has 1 atom stereocenters. The molecule has 0 aromatic heterocycles. The zero-order valence-corrected chi connectivity index (χ0v) is 18.7. The normalized spacial score (nSPS) is 20.9. The molecule has 3 aliphatic rings. The molecule has 3 amide bonds. The van der Waals surface area contributed by atoms with Gasteiger partial charge in [0, 0.05) is 38.2 Å². The average molecular weight is 470 g/mol. The van der Waals surface area contributed by atoms with E-state index < -0.39 is 11.9 Å². The lowest BCUT2D eigenvalue weighted by molar-refractivity contribution is -0.136. The van der Waals surface area contributed by atoms with Gasteiger partial charge in [-0.25, -0.2) is 0 Å². The zero-order valence-electron chi connectivity index (χ0n) is 18.0. The molecule has 172 valence electrons. The zero-order chi connectivity index (χ0) is 22.9. The number of hydrogen-bond donors (Lipinski definition) is 1. The van der Waals surface area contributed by atoms with Crippen molar-refractivity contribution < 1.29 is 23.9 Å². The Balaban J connectivity index is 1.09. The number of hydrogen-bond acceptors (Lipinski definition) is 6. The van der Waals surface area contributed by atoms with Crippen molar-refractivity contribution in [2.24, 2.45) is 0 Å². The van der Waals surface area contributed by atoms with Crippen LogP contribution in [0.5, 0.6) is 11.5 Å². The van der Waals surface area contributed by atoms with Gasteiger partial charge in [-0.1, -0.05) is 23.7 Å². The number of rotatable bonds is 7. The smallest absolute Gasteiger partial charge is 0.255 e. The molecule has 1 unspecified atom stereocenters. The first-order chi connectivity index (χ1) is 16.0. The third-order valence-corrected chi connectivity index (χ3v) is 6.54. The lowest BCUT2D eigenvalue weighted by atomic mass is 10.0. The highest BCUT2D eigenvalue weighted by molar-refractivity contribution is 6.32. The summed E-state index contributed by atoms with van der Waals surface area (Å²) >= 11 is 6.14. The second kappa shape index (κ2) is 9.03. The molecule has 0 aliphatic carbocycles. The van der Waals surface area contributed by atoms with Crippen molar-refractivity contribution in [1.82, 2.24) is 15.1 Å².